The van der Waals surface area contributed by atoms with Crippen LogP contribution < -0.4 is 11.5 Å². The van der Waals surface area contributed by atoms with E-state index in [1.807, 2.05) is 6.07 Å². The van der Waals surface area contributed by atoms with Gasteiger partial charge in [0.25, 0.3) is 0 Å². The second kappa shape index (κ2) is 4.67. The molecule has 2 rings (SSSR count). The van der Waals surface area contributed by atoms with Gasteiger partial charge in [0.1, 0.15) is 10.8 Å². The van der Waals surface area contributed by atoms with E-state index in [2.05, 4.69) is 37.0 Å². The maximum absolute atomic E-state index is 5.68. The molecule has 1 heterocycles. The highest BCUT2D eigenvalue weighted by Gasteiger charge is 2.03. The summed E-state index contributed by atoms with van der Waals surface area (Å²) in [4.78, 5) is 5.39. The third-order valence-corrected chi connectivity index (χ3v) is 3.56. The van der Waals surface area contributed by atoms with Crippen LogP contribution in [0.5, 0.6) is 0 Å². The predicted molar refractivity (Wildman–Crippen MR) is 73.1 cm³/mol. The number of pyridine rings is 1. The summed E-state index contributed by atoms with van der Waals surface area (Å²) in [6, 6.07) is 10.0. The molecular formula is C13H15N3S. The van der Waals surface area contributed by atoms with Crippen LogP contribution in [0.15, 0.2) is 40.3 Å². The fourth-order valence-electron chi connectivity index (χ4n) is 1.42. The molecule has 0 radical (unpaired) electrons. The van der Waals surface area contributed by atoms with Gasteiger partial charge in [0.15, 0.2) is 0 Å². The first kappa shape index (κ1) is 11.8. The Morgan fingerprint density at radius 1 is 1.00 bits per heavy atom. The fourth-order valence-corrected chi connectivity index (χ4v) is 2.32. The number of benzene rings is 1. The van der Waals surface area contributed by atoms with Crippen LogP contribution in [0.4, 0.5) is 11.5 Å². The Labute approximate surface area is 105 Å². The van der Waals surface area contributed by atoms with E-state index in [0.29, 0.717) is 11.5 Å². The number of aromatic nitrogens is 1. The van der Waals surface area contributed by atoms with Crippen molar-refractivity contribution >= 4 is 23.3 Å². The van der Waals surface area contributed by atoms with Gasteiger partial charge in [-0.25, -0.2) is 4.98 Å². The van der Waals surface area contributed by atoms with Crippen LogP contribution in [0.3, 0.4) is 0 Å². The molecule has 0 saturated carbocycles. The summed E-state index contributed by atoms with van der Waals surface area (Å²) < 4.78 is 0. The molecule has 0 saturated heterocycles. The minimum Gasteiger partial charge on any atom is -0.396 e. The van der Waals surface area contributed by atoms with Crippen molar-refractivity contribution in [3.8, 4) is 0 Å². The van der Waals surface area contributed by atoms with Crippen molar-refractivity contribution in [1.29, 1.82) is 0 Å². The lowest BCUT2D eigenvalue weighted by atomic mass is 10.1. The van der Waals surface area contributed by atoms with E-state index in [0.717, 1.165) is 9.92 Å². The Bertz CT molecular complexity index is 503. The second-order valence-corrected chi connectivity index (χ2v) is 5.07. The largest absolute Gasteiger partial charge is 0.396 e. The molecule has 4 heteroatoms. The molecular weight excluding hydrogens is 230 g/mol. The first-order valence-electron chi connectivity index (χ1n) is 5.33. The summed E-state index contributed by atoms with van der Waals surface area (Å²) in [7, 11) is 0. The topological polar surface area (TPSA) is 64.9 Å². The van der Waals surface area contributed by atoms with Crippen LogP contribution in [0.25, 0.3) is 0 Å². The van der Waals surface area contributed by atoms with Gasteiger partial charge < -0.3 is 11.5 Å². The molecule has 3 nitrogen and oxygen atoms in total. The van der Waals surface area contributed by atoms with Crippen LogP contribution in [-0.2, 0) is 0 Å². The molecule has 0 fully saturated rings. The first-order valence-corrected chi connectivity index (χ1v) is 6.15. The van der Waals surface area contributed by atoms with Gasteiger partial charge in [-0.15, -0.1) is 0 Å². The van der Waals surface area contributed by atoms with E-state index in [1.165, 1.54) is 11.1 Å². The first-order chi connectivity index (χ1) is 8.06. The van der Waals surface area contributed by atoms with Gasteiger partial charge in [-0.1, -0.05) is 17.8 Å². The molecule has 0 atom stereocenters. The number of hydrogen-bond acceptors (Lipinski definition) is 4. The molecule has 0 amide bonds. The standard InChI is InChI=1S/C13H15N3S/c1-8-3-4-10(7-9(8)2)17-12-6-5-11(14)13(15)16-12/h3-7H,14H2,1-2H3,(H2,15,16). The molecule has 0 spiro atoms. The lowest BCUT2D eigenvalue weighted by Gasteiger charge is -2.06. The zero-order valence-corrected chi connectivity index (χ0v) is 10.7. The highest BCUT2D eigenvalue weighted by molar-refractivity contribution is 7.99. The minimum absolute atomic E-state index is 0.388. The average molecular weight is 245 g/mol. The number of nitrogen functional groups attached to an aromatic ring is 2. The zero-order valence-electron chi connectivity index (χ0n) is 9.90. The zero-order chi connectivity index (χ0) is 12.4. The molecule has 4 N–H and O–H groups in total. The Hall–Kier alpha value is -1.68. The normalized spacial score (nSPS) is 10.5. The summed E-state index contributed by atoms with van der Waals surface area (Å²) in [6.45, 7) is 4.20. The van der Waals surface area contributed by atoms with Gasteiger partial charge in [-0.3, -0.25) is 0 Å². The van der Waals surface area contributed by atoms with Gasteiger partial charge in [0, 0.05) is 4.90 Å². The summed E-state index contributed by atoms with van der Waals surface area (Å²) >= 11 is 1.59. The fraction of sp³-hybridized carbons (Fsp3) is 0.154. The summed E-state index contributed by atoms with van der Waals surface area (Å²) in [5.41, 5.74) is 14.4. The molecule has 1 aromatic heterocycles. The van der Waals surface area contributed by atoms with Crippen molar-refractivity contribution < 1.29 is 0 Å². The number of aryl methyl sites for hydroxylation is 2. The number of hydrogen-bond donors (Lipinski definition) is 2. The SMILES string of the molecule is Cc1ccc(Sc2ccc(N)c(N)n2)cc1C. The predicted octanol–water partition coefficient (Wildman–Crippen LogP) is 3.01. The molecule has 17 heavy (non-hydrogen) atoms. The van der Waals surface area contributed by atoms with Gasteiger partial charge >= 0.3 is 0 Å². The monoisotopic (exact) mass is 245 g/mol. The van der Waals surface area contributed by atoms with Gasteiger partial charge in [-0.05, 0) is 49.2 Å². The summed E-state index contributed by atoms with van der Waals surface area (Å²) in [5.74, 6) is 0.388. The van der Waals surface area contributed by atoms with Crippen molar-refractivity contribution in [2.75, 3.05) is 11.5 Å². The minimum atomic E-state index is 0.388. The van der Waals surface area contributed by atoms with E-state index in [9.17, 15) is 0 Å². The van der Waals surface area contributed by atoms with E-state index >= 15 is 0 Å². The number of anilines is 2. The molecule has 0 aliphatic heterocycles. The average Bonchev–Trinajstić information content (AvgIpc) is 2.29. The van der Waals surface area contributed by atoms with Crippen LogP contribution in [0.1, 0.15) is 11.1 Å². The van der Waals surface area contributed by atoms with Gasteiger partial charge in [0.05, 0.1) is 5.69 Å². The maximum Gasteiger partial charge on any atom is 0.147 e. The van der Waals surface area contributed by atoms with Gasteiger partial charge in [-0.2, -0.15) is 0 Å². The highest BCUT2D eigenvalue weighted by atomic mass is 32.2. The van der Waals surface area contributed by atoms with Crippen molar-refractivity contribution in [3.05, 3.63) is 41.5 Å². The van der Waals surface area contributed by atoms with Crippen molar-refractivity contribution in [1.82, 2.24) is 4.98 Å². The summed E-state index contributed by atoms with van der Waals surface area (Å²) in [6.07, 6.45) is 0. The van der Waals surface area contributed by atoms with E-state index in [-0.39, 0.29) is 0 Å². The van der Waals surface area contributed by atoms with E-state index in [1.54, 1.807) is 17.8 Å². The molecule has 0 bridgehead atoms. The Morgan fingerprint density at radius 2 is 1.76 bits per heavy atom. The Kier molecular flexibility index (Phi) is 3.24. The molecule has 0 aliphatic rings. The molecule has 1 aromatic carbocycles. The third kappa shape index (κ3) is 2.71. The van der Waals surface area contributed by atoms with Crippen LogP contribution in [-0.4, -0.2) is 4.98 Å². The second-order valence-electron chi connectivity index (χ2n) is 3.97. The number of nitrogens with zero attached hydrogens (tertiary/aromatic N) is 1. The Balaban J connectivity index is 2.25. The Morgan fingerprint density at radius 3 is 2.41 bits per heavy atom. The molecule has 2 aromatic rings. The highest BCUT2D eigenvalue weighted by Crippen LogP contribution is 2.29. The van der Waals surface area contributed by atoms with E-state index < -0.39 is 0 Å². The number of nitrogens with two attached hydrogens (primary N) is 2. The van der Waals surface area contributed by atoms with Crippen molar-refractivity contribution in [3.63, 3.8) is 0 Å². The lowest BCUT2D eigenvalue weighted by molar-refractivity contribution is 1.14. The third-order valence-electron chi connectivity index (χ3n) is 2.63. The molecule has 0 unspecified atom stereocenters. The smallest absolute Gasteiger partial charge is 0.147 e. The lowest BCUT2D eigenvalue weighted by Crippen LogP contribution is -1.97. The van der Waals surface area contributed by atoms with Crippen LogP contribution in [0, 0.1) is 13.8 Å². The summed E-state index contributed by atoms with van der Waals surface area (Å²) in [5, 5.41) is 0.861. The molecule has 88 valence electrons. The van der Waals surface area contributed by atoms with Gasteiger partial charge in [0.2, 0.25) is 0 Å². The molecule has 0 aliphatic carbocycles. The maximum atomic E-state index is 5.68. The van der Waals surface area contributed by atoms with Crippen LogP contribution in [0.2, 0.25) is 0 Å². The van der Waals surface area contributed by atoms with Crippen molar-refractivity contribution in [2.24, 2.45) is 0 Å². The number of rotatable bonds is 2. The van der Waals surface area contributed by atoms with E-state index in [4.69, 9.17) is 11.5 Å². The van der Waals surface area contributed by atoms with Crippen molar-refractivity contribution in [2.45, 2.75) is 23.8 Å². The quantitative estimate of drug-likeness (QED) is 0.853. The van der Waals surface area contributed by atoms with Crippen LogP contribution >= 0.6 is 11.8 Å².